The zero-order valence-corrected chi connectivity index (χ0v) is 20.7. The molecule has 0 aromatic heterocycles. The number of ether oxygens (including phenoxy) is 1. The van der Waals surface area contributed by atoms with Crippen LogP contribution in [0.2, 0.25) is 0 Å². The van der Waals surface area contributed by atoms with Crippen LogP contribution in [0.5, 0.6) is 0 Å². The second-order valence-corrected chi connectivity index (χ2v) is 10.9. The molecule has 1 aliphatic carbocycles. The van der Waals surface area contributed by atoms with E-state index in [1.54, 1.807) is 30.3 Å². The normalized spacial score (nSPS) is 20.5. The van der Waals surface area contributed by atoms with Crippen molar-refractivity contribution in [3.8, 4) is 0 Å². The van der Waals surface area contributed by atoms with Crippen molar-refractivity contribution in [2.45, 2.75) is 37.1 Å². The zero-order chi connectivity index (χ0) is 24.7. The monoisotopic (exact) mass is 488 g/mol. The molecule has 0 saturated carbocycles. The highest BCUT2D eigenvalue weighted by Crippen LogP contribution is 2.50. The van der Waals surface area contributed by atoms with Gasteiger partial charge in [-0.25, -0.2) is 13.2 Å². The van der Waals surface area contributed by atoms with Gasteiger partial charge in [-0.15, -0.1) is 0 Å². The number of benzene rings is 3. The molecule has 3 atom stereocenters. The third-order valence-electron chi connectivity index (χ3n) is 6.96. The number of aryl methyl sites for hydroxylation is 2. The summed E-state index contributed by atoms with van der Waals surface area (Å²) in [6.45, 7) is 3.88. The van der Waals surface area contributed by atoms with E-state index < -0.39 is 10.0 Å². The van der Waals surface area contributed by atoms with Gasteiger partial charge in [0.05, 0.1) is 29.3 Å². The van der Waals surface area contributed by atoms with Crippen LogP contribution in [0.4, 0.5) is 11.4 Å². The first-order valence-electron chi connectivity index (χ1n) is 11.6. The Kier molecular flexibility index (Phi) is 5.89. The van der Waals surface area contributed by atoms with Gasteiger partial charge in [0.1, 0.15) is 0 Å². The molecular weight excluding hydrogens is 460 g/mol. The van der Waals surface area contributed by atoms with E-state index in [-0.39, 0.29) is 28.7 Å². The standard InChI is InChI=1S/C28H28N2O4S/c1-17-7-13-25(18(2)15-17)30-35(32,33)21-12-14-26-24(16-21)22-5-4-6-23(22)27(29-26)19-8-10-20(11-9-19)28(31)34-3/h4-5,7-16,22-23,27,29-30H,6H2,1-3H3. The van der Waals surface area contributed by atoms with Crippen molar-refractivity contribution >= 4 is 27.4 Å². The molecule has 3 aromatic rings. The number of hydrogen-bond acceptors (Lipinski definition) is 5. The molecular formula is C28H28N2O4S. The smallest absolute Gasteiger partial charge is 0.337 e. The molecule has 5 rings (SSSR count). The van der Waals surface area contributed by atoms with Crippen molar-refractivity contribution in [1.82, 2.24) is 0 Å². The second kappa shape index (κ2) is 8.89. The summed E-state index contributed by atoms with van der Waals surface area (Å²) in [7, 11) is -2.37. The number of carbonyl (C=O) groups is 1. The van der Waals surface area contributed by atoms with Gasteiger partial charge in [0.15, 0.2) is 0 Å². The Bertz CT molecular complexity index is 1430. The maximum atomic E-state index is 13.2. The third kappa shape index (κ3) is 4.32. The molecule has 0 bridgehead atoms. The average molecular weight is 489 g/mol. The van der Waals surface area contributed by atoms with Gasteiger partial charge in [-0.1, -0.05) is 42.0 Å². The molecule has 3 aromatic carbocycles. The second-order valence-electron chi connectivity index (χ2n) is 9.26. The largest absolute Gasteiger partial charge is 0.465 e. The number of methoxy groups -OCH3 is 1. The molecule has 1 aliphatic heterocycles. The molecule has 0 radical (unpaired) electrons. The van der Waals surface area contributed by atoms with Crippen LogP contribution < -0.4 is 10.0 Å². The van der Waals surface area contributed by atoms with Gasteiger partial charge in [-0.05, 0) is 79.3 Å². The Balaban J connectivity index is 1.45. The van der Waals surface area contributed by atoms with E-state index in [0.717, 1.165) is 34.4 Å². The van der Waals surface area contributed by atoms with Crippen LogP contribution in [-0.2, 0) is 14.8 Å². The number of anilines is 2. The van der Waals surface area contributed by atoms with Crippen LogP contribution in [0.25, 0.3) is 0 Å². The summed E-state index contributed by atoms with van der Waals surface area (Å²) >= 11 is 0. The fourth-order valence-corrected chi connectivity index (χ4v) is 6.31. The molecule has 0 spiro atoms. The number of carbonyl (C=O) groups excluding carboxylic acids is 1. The van der Waals surface area contributed by atoms with Gasteiger partial charge in [-0.3, -0.25) is 4.72 Å². The molecule has 0 amide bonds. The molecule has 35 heavy (non-hydrogen) atoms. The van der Waals surface area contributed by atoms with Crippen molar-refractivity contribution in [2.75, 3.05) is 17.1 Å². The fourth-order valence-electron chi connectivity index (χ4n) is 5.15. The van der Waals surface area contributed by atoms with Gasteiger partial charge in [0, 0.05) is 11.6 Å². The van der Waals surface area contributed by atoms with Crippen LogP contribution in [-0.4, -0.2) is 21.5 Å². The van der Waals surface area contributed by atoms with Crippen molar-refractivity contribution < 1.29 is 17.9 Å². The van der Waals surface area contributed by atoms with E-state index >= 15 is 0 Å². The lowest BCUT2D eigenvalue weighted by atomic mass is 9.77. The van der Waals surface area contributed by atoms with Crippen LogP contribution in [0.3, 0.4) is 0 Å². The van der Waals surface area contributed by atoms with E-state index in [9.17, 15) is 13.2 Å². The van der Waals surface area contributed by atoms with Gasteiger partial charge >= 0.3 is 5.97 Å². The van der Waals surface area contributed by atoms with Crippen molar-refractivity contribution in [1.29, 1.82) is 0 Å². The first kappa shape index (κ1) is 23.2. The zero-order valence-electron chi connectivity index (χ0n) is 19.9. The topological polar surface area (TPSA) is 84.5 Å². The Morgan fingerprint density at radius 1 is 1.03 bits per heavy atom. The summed E-state index contributed by atoms with van der Waals surface area (Å²) in [5.41, 5.74) is 6.04. The van der Waals surface area contributed by atoms with Gasteiger partial charge in [-0.2, -0.15) is 0 Å². The number of allylic oxidation sites excluding steroid dienone is 2. The Labute approximate surface area is 206 Å². The fraction of sp³-hybridized carbons (Fsp3) is 0.250. The Morgan fingerprint density at radius 3 is 2.51 bits per heavy atom. The maximum absolute atomic E-state index is 13.2. The molecule has 0 fully saturated rings. The number of fused-ring (bicyclic) bond motifs is 3. The summed E-state index contributed by atoms with van der Waals surface area (Å²) in [5, 5.41) is 3.62. The first-order chi connectivity index (χ1) is 16.8. The number of hydrogen-bond donors (Lipinski definition) is 2. The predicted octanol–water partition coefficient (Wildman–Crippen LogP) is 5.72. The first-order valence-corrected chi connectivity index (χ1v) is 13.1. The molecule has 7 heteroatoms. The van der Waals surface area contributed by atoms with E-state index in [0.29, 0.717) is 11.3 Å². The lowest BCUT2D eigenvalue weighted by molar-refractivity contribution is 0.0600. The number of nitrogens with one attached hydrogen (secondary N) is 2. The van der Waals surface area contributed by atoms with Gasteiger partial charge < -0.3 is 10.1 Å². The lowest BCUT2D eigenvalue weighted by Gasteiger charge is -2.37. The van der Waals surface area contributed by atoms with E-state index in [1.165, 1.54) is 7.11 Å². The number of sulfonamides is 1. The minimum Gasteiger partial charge on any atom is -0.465 e. The van der Waals surface area contributed by atoms with Crippen LogP contribution in [0.1, 0.15) is 51.0 Å². The van der Waals surface area contributed by atoms with E-state index in [1.807, 2.05) is 44.2 Å². The van der Waals surface area contributed by atoms with Crippen LogP contribution in [0.15, 0.2) is 77.7 Å². The molecule has 2 N–H and O–H groups in total. The summed E-state index contributed by atoms with van der Waals surface area (Å²) in [5.74, 6) is -0.00776. The molecule has 6 nitrogen and oxygen atoms in total. The highest BCUT2D eigenvalue weighted by Gasteiger charge is 2.38. The average Bonchev–Trinajstić information content (AvgIpc) is 3.35. The van der Waals surface area contributed by atoms with Crippen molar-refractivity contribution in [3.63, 3.8) is 0 Å². The van der Waals surface area contributed by atoms with Crippen molar-refractivity contribution in [2.24, 2.45) is 5.92 Å². The summed E-state index contributed by atoms with van der Waals surface area (Å²) in [4.78, 5) is 12.1. The Hall–Kier alpha value is -3.58. The van der Waals surface area contributed by atoms with E-state index in [2.05, 4.69) is 22.2 Å². The minimum absolute atomic E-state index is 0.0463. The minimum atomic E-state index is -3.74. The summed E-state index contributed by atoms with van der Waals surface area (Å²) in [6, 6.07) is 18.5. The van der Waals surface area contributed by atoms with E-state index in [4.69, 9.17) is 4.74 Å². The van der Waals surface area contributed by atoms with Crippen molar-refractivity contribution in [3.05, 3.63) is 101 Å². The molecule has 0 saturated heterocycles. The third-order valence-corrected chi connectivity index (χ3v) is 8.32. The Morgan fingerprint density at radius 2 is 1.80 bits per heavy atom. The van der Waals surface area contributed by atoms with Gasteiger partial charge in [0.25, 0.3) is 10.0 Å². The number of rotatable bonds is 5. The molecule has 2 aliphatic rings. The SMILES string of the molecule is COC(=O)c1ccc(C2Nc3ccc(S(=O)(=O)Nc4ccc(C)cc4C)cc3C3C=CCC32)cc1. The lowest BCUT2D eigenvalue weighted by Crippen LogP contribution is -2.29. The molecule has 180 valence electrons. The summed E-state index contributed by atoms with van der Waals surface area (Å²) in [6.07, 6.45) is 5.23. The van der Waals surface area contributed by atoms with Crippen LogP contribution in [0, 0.1) is 19.8 Å². The highest BCUT2D eigenvalue weighted by atomic mass is 32.2. The highest BCUT2D eigenvalue weighted by molar-refractivity contribution is 7.92. The summed E-state index contributed by atoms with van der Waals surface area (Å²) < 4.78 is 34.0. The van der Waals surface area contributed by atoms with Gasteiger partial charge in [0.2, 0.25) is 0 Å². The molecule has 1 heterocycles. The predicted molar refractivity (Wildman–Crippen MR) is 137 cm³/mol. The maximum Gasteiger partial charge on any atom is 0.337 e. The van der Waals surface area contributed by atoms with Crippen LogP contribution >= 0.6 is 0 Å². The molecule has 3 unspecified atom stereocenters. The number of esters is 1. The quantitative estimate of drug-likeness (QED) is 0.355.